The molecule has 0 aliphatic heterocycles. The zero-order chi connectivity index (χ0) is 39.4. The van der Waals surface area contributed by atoms with Crippen LogP contribution in [0.4, 0.5) is 0 Å². The van der Waals surface area contributed by atoms with Gasteiger partial charge in [-0.05, 0) is 100 Å². The van der Waals surface area contributed by atoms with E-state index in [2.05, 4.69) is 187 Å². The van der Waals surface area contributed by atoms with Crippen molar-refractivity contribution in [3.63, 3.8) is 0 Å². The van der Waals surface area contributed by atoms with Gasteiger partial charge in [0.1, 0.15) is 5.82 Å². The number of hydrogen-bond donors (Lipinski definition) is 0. The second-order valence-corrected chi connectivity index (χ2v) is 16.2. The van der Waals surface area contributed by atoms with Gasteiger partial charge in [-0.25, -0.2) is 9.97 Å². The van der Waals surface area contributed by atoms with Crippen molar-refractivity contribution in [2.45, 2.75) is 19.3 Å². The van der Waals surface area contributed by atoms with Crippen LogP contribution in [0.1, 0.15) is 30.5 Å². The van der Waals surface area contributed by atoms with Crippen molar-refractivity contribution in [1.29, 1.82) is 5.26 Å². The first-order valence-corrected chi connectivity index (χ1v) is 20.1. The van der Waals surface area contributed by atoms with Gasteiger partial charge in [0.05, 0.1) is 39.4 Å². The predicted molar refractivity (Wildman–Crippen MR) is 241 cm³/mol. The van der Waals surface area contributed by atoms with Crippen LogP contribution in [0.5, 0.6) is 0 Å². The minimum atomic E-state index is -0.455. The monoisotopic (exact) mass is 753 g/mol. The number of rotatable bonds is 4. The highest BCUT2D eigenvalue weighted by atomic mass is 15.1. The summed E-state index contributed by atoms with van der Waals surface area (Å²) in [6, 6.07) is 64.6. The SMILES string of the molecule is CC1(C)c2cc(-c3cccc(C#N)c3)ccc2-c2nc(-c3ccc4c(c3)c3ccccc3n4-c3ccccc3)nc(-n3c4ccccc4c4cc5ccccc5cc43)c21. The average molecular weight is 754 g/mol. The molecule has 1 aliphatic rings. The maximum Gasteiger partial charge on any atom is 0.162 e. The standard InChI is InChI=1S/C54H35N5/c1-54(2)45-30-37(34-16-12-13-33(27-34)32-55)23-25-42(45)51-50(54)53(59-47-22-11-9-20-41(47)44-28-35-14-6-7-15-36(35)31-49(44)59)57-52(56-51)38-24-26-48-43(29-38)40-19-8-10-21-46(40)58(48)39-17-4-3-5-18-39/h3-31H,1-2H3. The highest BCUT2D eigenvalue weighted by Crippen LogP contribution is 2.52. The third-order valence-corrected chi connectivity index (χ3v) is 12.5. The maximum atomic E-state index is 9.71. The van der Waals surface area contributed by atoms with E-state index >= 15 is 0 Å². The second kappa shape index (κ2) is 12.3. The molecular formula is C54H35N5. The van der Waals surface area contributed by atoms with Crippen LogP contribution in [0, 0.1) is 11.3 Å². The van der Waals surface area contributed by atoms with Crippen LogP contribution in [0.3, 0.4) is 0 Å². The van der Waals surface area contributed by atoms with Crippen molar-refractivity contribution in [1.82, 2.24) is 19.1 Å². The Hall–Kier alpha value is -7.81. The van der Waals surface area contributed by atoms with E-state index in [-0.39, 0.29) is 0 Å². The molecule has 0 amide bonds. The molecule has 0 N–H and O–H groups in total. The quantitative estimate of drug-likeness (QED) is 0.180. The molecule has 11 aromatic rings. The van der Waals surface area contributed by atoms with E-state index in [9.17, 15) is 5.26 Å². The minimum absolute atomic E-state index is 0.455. The van der Waals surface area contributed by atoms with Gasteiger partial charge >= 0.3 is 0 Å². The van der Waals surface area contributed by atoms with Crippen molar-refractivity contribution in [2.24, 2.45) is 0 Å². The van der Waals surface area contributed by atoms with E-state index in [1.807, 2.05) is 18.2 Å². The smallest absolute Gasteiger partial charge is 0.162 e. The molecule has 0 fully saturated rings. The Morgan fingerprint density at radius 3 is 1.92 bits per heavy atom. The summed E-state index contributed by atoms with van der Waals surface area (Å²) in [5.74, 6) is 1.56. The molecule has 5 heteroatoms. The molecular weight excluding hydrogens is 719 g/mol. The average Bonchev–Trinajstić information content (AvgIpc) is 3.87. The first-order valence-electron chi connectivity index (χ1n) is 20.1. The van der Waals surface area contributed by atoms with Crippen LogP contribution < -0.4 is 0 Å². The Kier molecular flexibility index (Phi) is 6.98. The summed E-state index contributed by atoms with van der Waals surface area (Å²) >= 11 is 0. The molecule has 1 aliphatic carbocycles. The Balaban J connectivity index is 1.16. The molecule has 0 saturated carbocycles. The van der Waals surface area contributed by atoms with E-state index in [1.54, 1.807) is 0 Å². The van der Waals surface area contributed by atoms with Gasteiger partial charge in [0.25, 0.3) is 0 Å². The van der Waals surface area contributed by atoms with Gasteiger partial charge in [-0.2, -0.15) is 5.26 Å². The molecule has 0 bridgehead atoms. The number of nitrogens with zero attached hydrogens (tertiary/aromatic N) is 5. The topological polar surface area (TPSA) is 59.4 Å². The zero-order valence-corrected chi connectivity index (χ0v) is 32.5. The van der Waals surface area contributed by atoms with E-state index < -0.39 is 5.41 Å². The predicted octanol–water partition coefficient (Wildman–Crippen LogP) is 13.3. The summed E-state index contributed by atoms with van der Waals surface area (Å²) in [5.41, 5.74) is 13.2. The Bertz CT molecular complexity index is 3600. The van der Waals surface area contributed by atoms with E-state index in [0.717, 1.165) is 72.5 Å². The lowest BCUT2D eigenvalue weighted by atomic mass is 9.81. The lowest BCUT2D eigenvalue weighted by Crippen LogP contribution is -2.20. The lowest BCUT2D eigenvalue weighted by molar-refractivity contribution is 0.651. The number of para-hydroxylation sites is 3. The number of hydrogen-bond acceptors (Lipinski definition) is 3. The molecule has 0 atom stereocenters. The maximum absolute atomic E-state index is 9.71. The molecule has 59 heavy (non-hydrogen) atoms. The van der Waals surface area contributed by atoms with Gasteiger partial charge in [0.15, 0.2) is 5.82 Å². The number of fused-ring (bicyclic) bond motifs is 10. The Morgan fingerprint density at radius 1 is 0.492 bits per heavy atom. The molecule has 276 valence electrons. The fourth-order valence-electron chi connectivity index (χ4n) is 9.71. The second-order valence-electron chi connectivity index (χ2n) is 16.2. The first-order chi connectivity index (χ1) is 29.0. The zero-order valence-electron chi connectivity index (χ0n) is 32.5. The molecule has 3 aromatic heterocycles. The number of benzene rings is 8. The van der Waals surface area contributed by atoms with Crippen molar-refractivity contribution in [3.8, 4) is 51.3 Å². The molecule has 0 spiro atoms. The highest BCUT2D eigenvalue weighted by molar-refractivity contribution is 6.14. The normalized spacial score (nSPS) is 13.0. The molecule has 0 unspecified atom stereocenters. The van der Waals surface area contributed by atoms with Gasteiger partial charge in [-0.3, -0.25) is 4.57 Å². The summed E-state index contributed by atoms with van der Waals surface area (Å²) in [7, 11) is 0. The largest absolute Gasteiger partial charge is 0.309 e. The fourth-order valence-corrected chi connectivity index (χ4v) is 9.71. The van der Waals surface area contributed by atoms with Crippen LogP contribution in [0.25, 0.3) is 99.7 Å². The van der Waals surface area contributed by atoms with Crippen LogP contribution in [-0.4, -0.2) is 19.1 Å². The summed E-state index contributed by atoms with van der Waals surface area (Å²) in [5, 5.41) is 16.8. The third-order valence-electron chi connectivity index (χ3n) is 12.5. The number of nitriles is 1. The van der Waals surface area contributed by atoms with Crippen molar-refractivity contribution < 1.29 is 0 Å². The fraction of sp³-hybridized carbons (Fsp3) is 0.0556. The summed E-state index contributed by atoms with van der Waals surface area (Å²) < 4.78 is 4.72. The van der Waals surface area contributed by atoms with E-state index in [4.69, 9.17) is 9.97 Å². The summed E-state index contributed by atoms with van der Waals surface area (Å²) in [4.78, 5) is 11.2. The van der Waals surface area contributed by atoms with Crippen LogP contribution >= 0.6 is 0 Å². The molecule has 8 aromatic carbocycles. The van der Waals surface area contributed by atoms with Gasteiger partial charge in [0.2, 0.25) is 0 Å². The van der Waals surface area contributed by atoms with Gasteiger partial charge in [-0.1, -0.05) is 117 Å². The van der Waals surface area contributed by atoms with Crippen LogP contribution in [-0.2, 0) is 5.41 Å². The molecule has 0 radical (unpaired) electrons. The van der Waals surface area contributed by atoms with Crippen LogP contribution in [0.15, 0.2) is 176 Å². The van der Waals surface area contributed by atoms with E-state index in [1.165, 1.54) is 32.5 Å². The third kappa shape index (κ3) is 4.84. The lowest BCUT2D eigenvalue weighted by Gasteiger charge is -2.25. The molecule has 12 rings (SSSR count). The van der Waals surface area contributed by atoms with Crippen LogP contribution in [0.2, 0.25) is 0 Å². The minimum Gasteiger partial charge on any atom is -0.309 e. The van der Waals surface area contributed by atoms with Gasteiger partial charge in [-0.15, -0.1) is 0 Å². The van der Waals surface area contributed by atoms with Gasteiger partial charge < -0.3 is 4.57 Å². The molecule has 3 heterocycles. The summed E-state index contributed by atoms with van der Waals surface area (Å²) in [6.45, 7) is 4.60. The summed E-state index contributed by atoms with van der Waals surface area (Å²) in [6.07, 6.45) is 0. The molecule has 5 nitrogen and oxygen atoms in total. The van der Waals surface area contributed by atoms with E-state index in [0.29, 0.717) is 11.4 Å². The first kappa shape index (κ1) is 33.3. The Labute approximate surface area is 340 Å². The highest BCUT2D eigenvalue weighted by Gasteiger charge is 2.41. The van der Waals surface area contributed by atoms with Crippen molar-refractivity contribution in [2.75, 3.05) is 0 Å². The Morgan fingerprint density at radius 2 is 1.14 bits per heavy atom. The van der Waals surface area contributed by atoms with Crippen molar-refractivity contribution in [3.05, 3.63) is 193 Å². The number of aromatic nitrogens is 4. The van der Waals surface area contributed by atoms with Gasteiger partial charge in [0, 0.05) is 49.3 Å². The van der Waals surface area contributed by atoms with Crippen molar-refractivity contribution >= 4 is 54.4 Å². The molecule has 0 saturated heterocycles.